The summed E-state index contributed by atoms with van der Waals surface area (Å²) in [6, 6.07) is 44.0. The Balaban J connectivity index is 0.00000804. The highest BCUT2D eigenvalue weighted by Gasteiger charge is 2.45. The molecule has 5 aromatic carbocycles. The van der Waals surface area contributed by atoms with Crippen molar-refractivity contribution in [2.24, 2.45) is 0 Å². The minimum atomic E-state index is -2.04. The SMILES string of the molecule is CCCCCCCCCCCCCC(=O)Nc1ccc(-c2cc(=O)oc3cc(O[C@H](C)C(=O)N4CCN(C(=O)CCC[P+](c5ccccc5)(c5ccccc5)c5ccccc5)CC4)ccc23)c(Cl)c1.[Cl-]. The van der Waals surface area contributed by atoms with Crippen LogP contribution in [0.4, 0.5) is 5.69 Å². The van der Waals surface area contributed by atoms with Crippen molar-refractivity contribution in [3.05, 3.63) is 149 Å². The summed E-state index contributed by atoms with van der Waals surface area (Å²) in [7, 11) is -2.04. The van der Waals surface area contributed by atoms with Gasteiger partial charge in [0.2, 0.25) is 11.8 Å². The third kappa shape index (κ3) is 14.3. The number of benzene rings is 5. The number of piperazine rings is 1. The second kappa shape index (κ2) is 27.2. The number of nitrogens with one attached hydrogen (secondary N) is 1. The van der Waals surface area contributed by atoms with Gasteiger partial charge in [0, 0.05) is 73.4 Å². The average Bonchev–Trinajstić information content (AvgIpc) is 3.37. The van der Waals surface area contributed by atoms with Crippen molar-refractivity contribution in [3.8, 4) is 16.9 Å². The summed E-state index contributed by atoms with van der Waals surface area (Å²) in [6.45, 7) is 5.67. The van der Waals surface area contributed by atoms with Gasteiger partial charge >= 0.3 is 5.63 Å². The van der Waals surface area contributed by atoms with Gasteiger partial charge in [-0.3, -0.25) is 14.4 Å². The van der Waals surface area contributed by atoms with Crippen molar-refractivity contribution in [3.63, 3.8) is 0 Å². The van der Waals surface area contributed by atoms with Gasteiger partial charge in [0.1, 0.15) is 34.5 Å². The Morgan fingerprint density at radius 2 is 1.19 bits per heavy atom. The predicted molar refractivity (Wildman–Crippen MR) is 285 cm³/mol. The van der Waals surface area contributed by atoms with Gasteiger partial charge in [0.15, 0.2) is 6.10 Å². The minimum absolute atomic E-state index is 0. The molecule has 1 aliphatic heterocycles. The van der Waals surface area contributed by atoms with E-state index in [1.54, 1.807) is 48.2 Å². The van der Waals surface area contributed by atoms with Crippen LogP contribution in [0.3, 0.4) is 0 Å². The molecule has 9 nitrogen and oxygen atoms in total. The molecule has 1 saturated heterocycles. The van der Waals surface area contributed by atoms with Crippen molar-refractivity contribution in [1.82, 2.24) is 9.80 Å². The van der Waals surface area contributed by atoms with Crippen LogP contribution in [0, 0.1) is 0 Å². The first-order valence-corrected chi connectivity index (χ1v) is 27.5. The number of hydrogen-bond donors (Lipinski definition) is 1. The van der Waals surface area contributed by atoms with E-state index in [4.69, 9.17) is 20.8 Å². The first kappa shape index (κ1) is 53.9. The van der Waals surface area contributed by atoms with Gasteiger partial charge < -0.3 is 36.7 Å². The molecular formula is C58H68Cl2N3O6P. The molecule has 0 aliphatic carbocycles. The number of carbonyl (C=O) groups is 3. The third-order valence-electron chi connectivity index (χ3n) is 13.3. The Hall–Kier alpha value is -5.47. The highest BCUT2D eigenvalue weighted by molar-refractivity contribution is 7.95. The van der Waals surface area contributed by atoms with Gasteiger partial charge in [-0.1, -0.05) is 143 Å². The van der Waals surface area contributed by atoms with Crippen LogP contribution in [-0.2, 0) is 14.4 Å². The lowest BCUT2D eigenvalue weighted by atomic mass is 10.0. The van der Waals surface area contributed by atoms with Gasteiger partial charge in [-0.2, -0.15) is 0 Å². The van der Waals surface area contributed by atoms with Crippen molar-refractivity contribution in [2.75, 3.05) is 37.7 Å². The lowest BCUT2D eigenvalue weighted by Gasteiger charge is -2.36. The second-order valence-corrected chi connectivity index (χ2v) is 22.3. The summed E-state index contributed by atoms with van der Waals surface area (Å²) >= 11 is 6.79. The van der Waals surface area contributed by atoms with Crippen LogP contribution in [0.2, 0.25) is 5.02 Å². The summed E-state index contributed by atoms with van der Waals surface area (Å²) in [5, 5.41) is 7.90. The number of unbranched alkanes of at least 4 members (excludes halogenated alkanes) is 10. The maximum atomic E-state index is 13.7. The van der Waals surface area contributed by atoms with E-state index >= 15 is 0 Å². The van der Waals surface area contributed by atoms with E-state index in [9.17, 15) is 19.2 Å². The number of ether oxygens (including phenoxy) is 1. The van der Waals surface area contributed by atoms with Crippen LogP contribution in [-0.4, -0.2) is 66.0 Å². The van der Waals surface area contributed by atoms with Crippen LogP contribution in [0.1, 0.15) is 104 Å². The third-order valence-corrected chi connectivity index (χ3v) is 18.2. The molecule has 1 aromatic heterocycles. The van der Waals surface area contributed by atoms with Crippen molar-refractivity contribution in [2.45, 2.75) is 110 Å². The average molecular weight is 1010 g/mol. The molecule has 2 heterocycles. The molecule has 1 fully saturated rings. The largest absolute Gasteiger partial charge is 1.00 e. The fourth-order valence-corrected chi connectivity index (χ4v) is 14.2. The molecule has 0 radical (unpaired) electrons. The lowest BCUT2D eigenvalue weighted by molar-refractivity contribution is -0.143. The minimum Gasteiger partial charge on any atom is -1.00 e. The standard InChI is InChI=1S/C58H67ClN3O6P.ClH/c1-3-4-5-6-7-8-9-10-11-12-22-30-55(63)60-45-32-34-50(53(59)41-45)52-43-57(65)68-54-42-46(33-35-51(52)54)67-44(2)58(66)62-38-36-61(37-39-62)56(64)31-23-40-69(47-24-16-13-17-25-47,48-26-18-14-19-27-48)49-28-20-15-21-29-49;/h13-21,24-29,32-35,41-44H,3-12,22-23,30-31,36-40H2,1-2H3;1H/t44-;/m1./s1. The Kier molecular flexibility index (Phi) is 20.9. The zero-order valence-corrected chi connectivity index (χ0v) is 43.2. The number of nitrogens with zero attached hydrogens (tertiary/aromatic N) is 2. The number of halogens is 2. The molecule has 7 rings (SSSR count). The van der Waals surface area contributed by atoms with Gasteiger partial charge in [0.05, 0.1) is 11.2 Å². The first-order valence-electron chi connectivity index (χ1n) is 25.1. The molecule has 1 atom stereocenters. The van der Waals surface area contributed by atoms with Crippen molar-refractivity contribution in [1.29, 1.82) is 0 Å². The molecule has 0 bridgehead atoms. The number of carbonyl (C=O) groups excluding carboxylic acids is 3. The molecule has 1 aliphatic rings. The molecule has 0 unspecified atom stereocenters. The Labute approximate surface area is 426 Å². The molecule has 12 heteroatoms. The number of hydrogen-bond acceptors (Lipinski definition) is 6. The van der Waals surface area contributed by atoms with E-state index in [2.05, 4.69) is 103 Å². The summed E-state index contributed by atoms with van der Waals surface area (Å²) in [5.41, 5.74) is 1.53. The molecule has 370 valence electrons. The van der Waals surface area contributed by atoms with E-state index in [0.29, 0.717) is 72.0 Å². The van der Waals surface area contributed by atoms with Gasteiger partial charge in [-0.05, 0) is 80.4 Å². The van der Waals surface area contributed by atoms with Gasteiger partial charge in [-0.25, -0.2) is 4.79 Å². The highest BCUT2D eigenvalue weighted by atomic mass is 35.5. The molecule has 6 aromatic rings. The molecular weight excluding hydrogens is 937 g/mol. The maximum Gasteiger partial charge on any atom is 0.336 e. The Morgan fingerprint density at radius 3 is 1.74 bits per heavy atom. The highest BCUT2D eigenvalue weighted by Crippen LogP contribution is 2.56. The quantitative estimate of drug-likeness (QED) is 0.0369. The fraction of sp³-hybridized carbons (Fsp3) is 0.379. The maximum absolute atomic E-state index is 13.7. The second-order valence-electron chi connectivity index (χ2n) is 18.3. The zero-order valence-electron chi connectivity index (χ0n) is 40.8. The molecule has 70 heavy (non-hydrogen) atoms. The van der Waals surface area contributed by atoms with Crippen LogP contribution in [0.25, 0.3) is 22.1 Å². The number of rotatable bonds is 24. The number of anilines is 1. The summed E-state index contributed by atoms with van der Waals surface area (Å²) in [6.07, 6.45) is 15.1. The van der Waals surface area contributed by atoms with Gasteiger partial charge in [-0.15, -0.1) is 0 Å². The smallest absolute Gasteiger partial charge is 0.336 e. The number of amides is 3. The molecule has 0 spiro atoms. The zero-order chi connectivity index (χ0) is 48.4. The van der Waals surface area contributed by atoms with Crippen LogP contribution >= 0.6 is 18.9 Å². The normalized spacial score (nSPS) is 13.1. The van der Waals surface area contributed by atoms with Crippen LogP contribution in [0.5, 0.6) is 5.75 Å². The van der Waals surface area contributed by atoms with Gasteiger partial charge in [0.25, 0.3) is 5.91 Å². The summed E-state index contributed by atoms with van der Waals surface area (Å²) in [4.78, 5) is 56.6. The molecule has 3 amide bonds. The van der Waals surface area contributed by atoms with Crippen LogP contribution < -0.4 is 44.0 Å². The lowest BCUT2D eigenvalue weighted by Crippen LogP contribution is -3.00. The Bertz CT molecular complexity index is 2560. The van der Waals surface area contributed by atoms with E-state index in [-0.39, 0.29) is 35.7 Å². The fourth-order valence-electron chi connectivity index (χ4n) is 9.62. The molecule has 0 saturated carbocycles. The summed E-state index contributed by atoms with van der Waals surface area (Å²) in [5.74, 6) is 0.248. The Morgan fingerprint density at radius 1 is 0.643 bits per heavy atom. The first-order chi connectivity index (χ1) is 33.7. The van der Waals surface area contributed by atoms with E-state index in [0.717, 1.165) is 31.8 Å². The van der Waals surface area contributed by atoms with Crippen molar-refractivity contribution < 1.29 is 35.9 Å². The predicted octanol–water partition coefficient (Wildman–Crippen LogP) is 8.97. The topological polar surface area (TPSA) is 109 Å². The number of fused-ring (bicyclic) bond motifs is 1. The van der Waals surface area contributed by atoms with E-state index in [1.807, 2.05) is 4.90 Å². The van der Waals surface area contributed by atoms with E-state index < -0.39 is 19.0 Å². The molecule has 1 N–H and O–H groups in total. The van der Waals surface area contributed by atoms with Crippen molar-refractivity contribution >= 4 is 69.2 Å². The monoisotopic (exact) mass is 1000 g/mol. The van der Waals surface area contributed by atoms with Crippen LogP contribution in [0.15, 0.2) is 143 Å². The summed E-state index contributed by atoms with van der Waals surface area (Å²) < 4.78 is 11.8. The van der Waals surface area contributed by atoms with E-state index in [1.165, 1.54) is 73.3 Å².